The zero-order valence-electron chi connectivity index (χ0n) is 19.1. The molecule has 0 fully saturated rings. The van der Waals surface area contributed by atoms with E-state index in [0.29, 0.717) is 28.8 Å². The lowest BCUT2D eigenvalue weighted by molar-refractivity contribution is -0.114. The minimum atomic E-state index is -0.494. The van der Waals surface area contributed by atoms with Gasteiger partial charge < -0.3 is 10.6 Å². The monoisotopic (exact) mass is 470 g/mol. The second-order valence-corrected chi connectivity index (χ2v) is 8.99. The lowest BCUT2D eigenvalue weighted by Gasteiger charge is -2.15. The summed E-state index contributed by atoms with van der Waals surface area (Å²) in [5.74, 6) is 0.108. The lowest BCUT2D eigenvalue weighted by atomic mass is 10.2. The highest BCUT2D eigenvalue weighted by molar-refractivity contribution is 8.00. The van der Waals surface area contributed by atoms with Crippen LogP contribution in [0.4, 0.5) is 11.4 Å². The van der Waals surface area contributed by atoms with E-state index in [0.717, 1.165) is 16.3 Å². The van der Waals surface area contributed by atoms with Crippen LogP contribution in [-0.2, 0) is 23.2 Å². The van der Waals surface area contributed by atoms with Gasteiger partial charge in [0.1, 0.15) is 16.2 Å². The quantitative estimate of drug-likeness (QED) is 0.400. The number of nitrogens with one attached hydrogen (secondary N) is 2. The van der Waals surface area contributed by atoms with E-state index < -0.39 is 11.2 Å². The molecule has 0 atom stereocenters. The van der Waals surface area contributed by atoms with Crippen LogP contribution >= 0.6 is 11.8 Å². The highest BCUT2D eigenvalue weighted by Gasteiger charge is 2.19. The number of amides is 2. The highest BCUT2D eigenvalue weighted by Crippen LogP contribution is 2.23. The van der Waals surface area contributed by atoms with Gasteiger partial charge in [0.05, 0.1) is 5.75 Å². The van der Waals surface area contributed by atoms with Crippen molar-refractivity contribution in [1.29, 1.82) is 0 Å². The van der Waals surface area contributed by atoms with Crippen LogP contribution in [0.5, 0.6) is 0 Å². The Morgan fingerprint density at radius 1 is 1.06 bits per heavy atom. The minimum absolute atomic E-state index is 0.00542. The van der Waals surface area contributed by atoms with Gasteiger partial charge in [-0.1, -0.05) is 25.6 Å². The molecule has 0 aliphatic rings. The van der Waals surface area contributed by atoms with Crippen molar-refractivity contribution in [2.75, 3.05) is 16.4 Å². The predicted molar refractivity (Wildman–Crippen MR) is 129 cm³/mol. The molecule has 0 aliphatic heterocycles. The van der Waals surface area contributed by atoms with Crippen LogP contribution in [0.1, 0.15) is 26.6 Å². The van der Waals surface area contributed by atoms with E-state index in [1.807, 2.05) is 13.8 Å². The van der Waals surface area contributed by atoms with Crippen LogP contribution in [-0.4, -0.2) is 36.7 Å². The molecule has 2 N–H and O–H groups in total. The second-order valence-electron chi connectivity index (χ2n) is 8.02. The van der Waals surface area contributed by atoms with Gasteiger partial charge in [-0.2, -0.15) is 0 Å². The number of rotatable bonds is 7. The molecular weight excluding hydrogens is 444 g/mol. The number of carbonyl (C=O) groups is 2. The summed E-state index contributed by atoms with van der Waals surface area (Å²) in [5.41, 5.74) is 0.546. The van der Waals surface area contributed by atoms with Gasteiger partial charge in [0.2, 0.25) is 11.8 Å². The van der Waals surface area contributed by atoms with Gasteiger partial charge in [-0.25, -0.2) is 14.8 Å². The molecule has 2 aromatic heterocycles. The fraction of sp³-hybridized carbons (Fsp3) is 0.364. The Hall–Kier alpha value is -3.47. The molecule has 0 radical (unpaired) electrons. The van der Waals surface area contributed by atoms with Gasteiger partial charge in [0.25, 0.3) is 5.56 Å². The van der Waals surface area contributed by atoms with Gasteiger partial charge >= 0.3 is 5.69 Å². The Kier molecular flexibility index (Phi) is 7.32. The van der Waals surface area contributed by atoms with Crippen molar-refractivity contribution in [2.45, 2.75) is 39.3 Å². The number of thioether (sulfide) groups is 1. The number of nitrogens with zero attached hydrogens (tertiary/aromatic N) is 4. The average Bonchev–Trinajstić information content (AvgIpc) is 2.74. The van der Waals surface area contributed by atoms with Gasteiger partial charge in [-0.15, -0.1) is 0 Å². The van der Waals surface area contributed by atoms with E-state index in [2.05, 4.69) is 20.6 Å². The second kappa shape index (κ2) is 9.99. The third kappa shape index (κ3) is 5.67. The van der Waals surface area contributed by atoms with Gasteiger partial charge in [0.15, 0.2) is 5.65 Å². The molecule has 0 spiro atoms. The molecule has 0 saturated heterocycles. The zero-order valence-corrected chi connectivity index (χ0v) is 19.9. The maximum absolute atomic E-state index is 12.9. The largest absolute Gasteiger partial charge is 0.332 e. The maximum atomic E-state index is 12.9. The molecule has 33 heavy (non-hydrogen) atoms. The summed E-state index contributed by atoms with van der Waals surface area (Å²) >= 11 is 1.11. The van der Waals surface area contributed by atoms with Crippen LogP contribution < -0.4 is 21.9 Å². The first-order valence-electron chi connectivity index (χ1n) is 10.3. The number of carbonyl (C=O) groups excluding carboxylic acids is 2. The van der Waals surface area contributed by atoms with Crippen molar-refractivity contribution in [1.82, 2.24) is 19.1 Å². The Balaban J connectivity index is 1.86. The maximum Gasteiger partial charge on any atom is 0.332 e. The van der Waals surface area contributed by atoms with Crippen molar-refractivity contribution >= 4 is 46.0 Å². The van der Waals surface area contributed by atoms with Gasteiger partial charge in [-0.05, 0) is 37.1 Å². The SMILES string of the molecule is CC(=O)Nc1ccc(NC(=O)CSc2nc(C)nc3c2c(=O)n(C)c(=O)n3CC(C)C)cc1. The summed E-state index contributed by atoms with van der Waals surface area (Å²) in [6.07, 6.45) is 0. The highest BCUT2D eigenvalue weighted by atomic mass is 32.2. The molecule has 2 heterocycles. The summed E-state index contributed by atoms with van der Waals surface area (Å²) in [6.45, 7) is 7.45. The van der Waals surface area contributed by atoms with Crippen LogP contribution in [0.15, 0.2) is 38.9 Å². The molecular formula is C22H26N6O4S. The standard InChI is InChI=1S/C22H26N6O4S/c1-12(2)10-28-19-18(21(31)27(5)22(28)32)20(24-13(3)23-19)33-11-17(30)26-16-8-6-15(7-9-16)25-14(4)29/h6-9,12H,10-11H2,1-5H3,(H,25,29)(H,26,30). The Bertz CT molecular complexity index is 1330. The molecule has 0 unspecified atom stereocenters. The topological polar surface area (TPSA) is 128 Å². The fourth-order valence-corrected chi connectivity index (χ4v) is 4.11. The number of anilines is 2. The van der Waals surface area contributed by atoms with Crippen LogP contribution in [0.25, 0.3) is 11.0 Å². The van der Waals surface area contributed by atoms with E-state index in [4.69, 9.17) is 0 Å². The summed E-state index contributed by atoms with van der Waals surface area (Å²) in [7, 11) is 1.42. The zero-order chi connectivity index (χ0) is 24.3. The molecule has 3 rings (SSSR count). The van der Waals surface area contributed by atoms with Crippen molar-refractivity contribution in [3.05, 3.63) is 50.9 Å². The Morgan fingerprint density at radius 3 is 2.24 bits per heavy atom. The van der Waals surface area contributed by atoms with Gasteiger partial charge in [-0.3, -0.25) is 23.5 Å². The van der Waals surface area contributed by atoms with E-state index in [9.17, 15) is 19.2 Å². The first-order chi connectivity index (χ1) is 15.6. The Morgan fingerprint density at radius 2 is 1.67 bits per heavy atom. The number of hydrogen-bond donors (Lipinski definition) is 2. The van der Waals surface area contributed by atoms with Crippen molar-refractivity contribution < 1.29 is 9.59 Å². The first-order valence-corrected chi connectivity index (χ1v) is 11.3. The summed E-state index contributed by atoms with van der Waals surface area (Å²) in [5, 5.41) is 6.01. The van der Waals surface area contributed by atoms with E-state index >= 15 is 0 Å². The van der Waals surface area contributed by atoms with Crippen molar-refractivity contribution in [2.24, 2.45) is 13.0 Å². The van der Waals surface area contributed by atoms with Crippen molar-refractivity contribution in [3.8, 4) is 0 Å². The van der Waals surface area contributed by atoms with E-state index in [-0.39, 0.29) is 34.5 Å². The van der Waals surface area contributed by atoms with Crippen molar-refractivity contribution in [3.63, 3.8) is 0 Å². The third-order valence-electron chi connectivity index (χ3n) is 4.64. The first kappa shape index (κ1) is 24.2. The smallest absolute Gasteiger partial charge is 0.326 e. The third-order valence-corrected chi connectivity index (χ3v) is 5.61. The number of fused-ring (bicyclic) bond motifs is 1. The van der Waals surface area contributed by atoms with Gasteiger partial charge in [0, 0.05) is 31.9 Å². The molecule has 0 aliphatic carbocycles. The van der Waals surface area contributed by atoms with E-state index in [1.54, 1.807) is 31.2 Å². The van der Waals surface area contributed by atoms with Crippen LogP contribution in [0, 0.1) is 12.8 Å². The van der Waals surface area contributed by atoms with E-state index in [1.165, 1.54) is 18.5 Å². The average molecular weight is 471 g/mol. The summed E-state index contributed by atoms with van der Waals surface area (Å²) in [6, 6.07) is 6.73. The summed E-state index contributed by atoms with van der Waals surface area (Å²) < 4.78 is 2.53. The number of hydrogen-bond acceptors (Lipinski definition) is 7. The molecule has 2 amide bonds. The molecule has 3 aromatic rings. The summed E-state index contributed by atoms with van der Waals surface area (Å²) in [4.78, 5) is 57.9. The number of aryl methyl sites for hydroxylation is 1. The predicted octanol–water partition coefficient (Wildman–Crippen LogP) is 2.14. The fourth-order valence-electron chi connectivity index (χ4n) is 3.25. The molecule has 10 nitrogen and oxygen atoms in total. The number of aromatic nitrogens is 4. The van der Waals surface area contributed by atoms with Crippen LogP contribution in [0.3, 0.4) is 0 Å². The molecule has 174 valence electrons. The molecule has 1 aromatic carbocycles. The molecule has 0 saturated carbocycles. The lowest BCUT2D eigenvalue weighted by Crippen LogP contribution is -2.39. The Labute approximate surface area is 194 Å². The van der Waals surface area contributed by atoms with Crippen LogP contribution in [0.2, 0.25) is 0 Å². The minimum Gasteiger partial charge on any atom is -0.326 e. The normalized spacial score (nSPS) is 11.1. The number of benzene rings is 1. The molecule has 0 bridgehead atoms. The molecule has 11 heteroatoms.